The first-order chi connectivity index (χ1) is 17.1. The molecule has 210 valence electrons. The van der Waals surface area contributed by atoms with Crippen LogP contribution in [0, 0.1) is 33.5 Å². The molecule has 3 rings (SSSR count). The van der Waals surface area contributed by atoms with Crippen molar-refractivity contribution in [2.24, 2.45) is 33.5 Å². The Labute approximate surface area is 251 Å². The Kier molecular flexibility index (Phi) is 9.40. The summed E-state index contributed by atoms with van der Waals surface area (Å²) >= 11 is -1.00. The zero-order valence-electron chi connectivity index (χ0n) is 25.3. The van der Waals surface area contributed by atoms with Crippen molar-refractivity contribution in [1.82, 2.24) is 0 Å². The number of allylic oxidation sites excluding steroid dienone is 10. The molecule has 3 aliphatic rings. The number of Topliss-reactive ketones (excluding diaryl/α,β-unsaturated/α-hetero) is 1. The number of hydrogen-bond acceptors (Lipinski definition) is 3. The van der Waals surface area contributed by atoms with Crippen molar-refractivity contribution in [2.45, 2.75) is 95.3 Å². The van der Waals surface area contributed by atoms with E-state index < -0.39 is 71.7 Å². The third-order valence-electron chi connectivity index (χ3n) is 7.04. The molecule has 0 aromatic heterocycles. The van der Waals surface area contributed by atoms with Crippen LogP contribution in [0.4, 0.5) is 0 Å². The first kappa shape index (κ1) is 32.1. The molecular formula is C33H46O3Te2-2. The van der Waals surface area contributed by atoms with Gasteiger partial charge in [-0.1, -0.05) is 0 Å². The van der Waals surface area contributed by atoms with E-state index in [2.05, 4.69) is 107 Å². The van der Waals surface area contributed by atoms with E-state index in [1.165, 1.54) is 14.5 Å². The van der Waals surface area contributed by atoms with Gasteiger partial charge in [0.05, 0.1) is 0 Å². The summed E-state index contributed by atoms with van der Waals surface area (Å²) in [5, 5.41) is 26.9. The number of carbonyl (C=O) groups is 1. The fraction of sp³-hybridized carbons (Fsp3) is 0.606. The molecule has 0 spiro atoms. The normalized spacial score (nSPS) is 27.6. The van der Waals surface area contributed by atoms with Gasteiger partial charge in [-0.3, -0.25) is 0 Å². The molecule has 2 aliphatic heterocycles. The average Bonchev–Trinajstić information content (AvgIpc) is 2.94. The third kappa shape index (κ3) is 7.46. The van der Waals surface area contributed by atoms with Crippen molar-refractivity contribution in [3.63, 3.8) is 0 Å². The summed E-state index contributed by atoms with van der Waals surface area (Å²) in [4.78, 5) is 13.2. The molecule has 5 heteroatoms. The molecule has 0 aromatic rings. The average molecular weight is 746 g/mol. The van der Waals surface area contributed by atoms with E-state index in [1.807, 2.05) is 12.2 Å². The van der Waals surface area contributed by atoms with Gasteiger partial charge in [-0.05, 0) is 0 Å². The molecule has 1 fully saturated rings. The summed E-state index contributed by atoms with van der Waals surface area (Å²) in [7, 11) is 0. The Morgan fingerprint density at radius 1 is 0.605 bits per heavy atom. The van der Waals surface area contributed by atoms with Gasteiger partial charge < -0.3 is 0 Å². The molecule has 1 saturated carbocycles. The Balaban J connectivity index is 2.03. The van der Waals surface area contributed by atoms with Crippen molar-refractivity contribution >= 4 is 47.6 Å². The zero-order valence-corrected chi connectivity index (χ0v) is 30.0. The Hall–Kier alpha value is -0.391. The van der Waals surface area contributed by atoms with E-state index in [9.17, 15) is 15.0 Å². The minimum atomic E-state index is -1.52. The van der Waals surface area contributed by atoms with Crippen molar-refractivity contribution in [3.8, 4) is 0 Å². The summed E-state index contributed by atoms with van der Waals surface area (Å²) in [5.74, 6) is -2.19. The van der Waals surface area contributed by atoms with Crippen molar-refractivity contribution in [3.05, 3.63) is 62.1 Å². The first-order valence-corrected chi connectivity index (χ1v) is 18.3. The summed E-state index contributed by atoms with van der Waals surface area (Å²) in [6.45, 7) is 26.7. The quantitative estimate of drug-likeness (QED) is 0.363. The first-order valence-electron chi connectivity index (χ1n) is 13.6. The van der Waals surface area contributed by atoms with Crippen molar-refractivity contribution in [2.75, 3.05) is 0 Å². The van der Waals surface area contributed by atoms with Gasteiger partial charge in [0.15, 0.2) is 0 Å². The summed E-state index contributed by atoms with van der Waals surface area (Å²) in [5.41, 5.74) is 2.00. The van der Waals surface area contributed by atoms with Crippen LogP contribution in [0.25, 0.3) is 0 Å². The Morgan fingerprint density at radius 3 is 1.24 bits per heavy atom. The van der Waals surface area contributed by atoms with Crippen LogP contribution >= 0.6 is 0 Å². The van der Waals surface area contributed by atoms with E-state index in [0.717, 1.165) is 11.1 Å². The Morgan fingerprint density at radius 2 is 0.921 bits per heavy atom. The molecule has 1 aliphatic carbocycles. The van der Waals surface area contributed by atoms with Gasteiger partial charge in [0, 0.05) is 0 Å². The number of rotatable bonds is 2. The molecule has 0 radical (unpaired) electrons. The summed E-state index contributed by atoms with van der Waals surface area (Å²) < 4.78 is 5.66. The molecule has 0 bridgehead atoms. The minimum absolute atomic E-state index is 0.0366. The second-order valence-electron chi connectivity index (χ2n) is 15.0. The van der Waals surface area contributed by atoms with Gasteiger partial charge in [0.1, 0.15) is 0 Å². The van der Waals surface area contributed by atoms with E-state index in [-0.39, 0.29) is 21.7 Å². The second kappa shape index (κ2) is 11.1. The molecule has 4 unspecified atom stereocenters. The van der Waals surface area contributed by atoms with Crippen LogP contribution < -0.4 is 10.2 Å². The van der Waals surface area contributed by atoms with E-state index in [0.29, 0.717) is 0 Å². The zero-order chi connectivity index (χ0) is 29.0. The van der Waals surface area contributed by atoms with Crippen LogP contribution in [-0.2, 0) is 4.79 Å². The molecule has 4 atom stereocenters. The van der Waals surface area contributed by atoms with Crippen LogP contribution in [0.3, 0.4) is 0 Å². The van der Waals surface area contributed by atoms with E-state index in [4.69, 9.17) is 0 Å². The van der Waals surface area contributed by atoms with Crippen LogP contribution in [-0.4, -0.2) is 59.8 Å². The van der Waals surface area contributed by atoms with Crippen LogP contribution in [0.2, 0.25) is 0 Å². The molecule has 3 nitrogen and oxygen atoms in total. The third-order valence-corrected chi connectivity index (χ3v) is 17.9. The molecule has 0 saturated heterocycles. The van der Waals surface area contributed by atoms with Crippen molar-refractivity contribution in [1.29, 1.82) is 0 Å². The molecule has 0 N–H and O–H groups in total. The van der Waals surface area contributed by atoms with E-state index in [1.54, 1.807) is 0 Å². The maximum absolute atomic E-state index is 13.7. The molecule has 0 amide bonds. The van der Waals surface area contributed by atoms with Gasteiger partial charge in [-0.25, -0.2) is 0 Å². The van der Waals surface area contributed by atoms with E-state index >= 15 is 0 Å². The van der Waals surface area contributed by atoms with Crippen LogP contribution in [0.5, 0.6) is 0 Å². The van der Waals surface area contributed by atoms with Crippen molar-refractivity contribution < 1.29 is 15.0 Å². The number of ketones is 1. The fourth-order valence-corrected chi connectivity index (χ4v) is 11.5. The van der Waals surface area contributed by atoms with Gasteiger partial charge in [-0.2, -0.15) is 0 Å². The topological polar surface area (TPSA) is 63.2 Å². The molecule has 38 heavy (non-hydrogen) atoms. The molecule has 0 aromatic carbocycles. The molecular weight excluding hydrogens is 700 g/mol. The standard InChI is InChI=1S/C33H46O3Te2/c1-30(2,3)23-15-19(16-24(37-23)31(4,5)6)13-21-27(34)22(29(36)28(21)35)14-20-17-25(32(7,8)9)38-26(18-20)33(10,11)12/h13-18,21-22,27-28H,1-12H3/q-2. The van der Waals surface area contributed by atoms with Gasteiger partial charge >= 0.3 is 254 Å². The SMILES string of the molecule is CC(C)(C)C1=CC(=CC2C(=O)C([O-])C(C=C3C=C(C(C)(C)C)[Te]C(C(C)(C)C)=C3)C2[O-])C=C(C(C)(C)C)[Te]1. The predicted molar refractivity (Wildman–Crippen MR) is 157 cm³/mol. The Bertz CT molecular complexity index is 1080. The maximum atomic E-state index is 13.7. The predicted octanol–water partition coefficient (Wildman–Crippen LogP) is 5.27. The number of hydrogen-bond donors (Lipinski definition) is 0. The number of carbonyl (C=O) groups excluding carboxylic acids is 1. The monoisotopic (exact) mass is 750 g/mol. The van der Waals surface area contributed by atoms with Gasteiger partial charge in [0.25, 0.3) is 0 Å². The molecule has 2 heterocycles. The second-order valence-corrected chi connectivity index (χ2v) is 21.1. The van der Waals surface area contributed by atoms with Gasteiger partial charge in [-0.15, -0.1) is 0 Å². The summed E-state index contributed by atoms with van der Waals surface area (Å²) in [6.07, 6.45) is 9.61. The fourth-order valence-electron chi connectivity index (χ4n) is 4.46. The summed E-state index contributed by atoms with van der Waals surface area (Å²) in [6, 6.07) is 0. The van der Waals surface area contributed by atoms with Crippen LogP contribution in [0.1, 0.15) is 83.1 Å². The van der Waals surface area contributed by atoms with Crippen LogP contribution in [0.15, 0.2) is 62.1 Å². The van der Waals surface area contributed by atoms with Gasteiger partial charge in [0.2, 0.25) is 0 Å².